The van der Waals surface area contributed by atoms with Gasteiger partial charge < -0.3 is 13.9 Å². The standard InChI is InChI=1S/C24H22N2O5S/c1-5-12-30-23(28)20-15(3)25-24-26(21(20)16-7-10-17(29-4)11-8-16)22(27)19(32-24)13-18-9-6-14(2)31-18/h5-11,13,21H,1,12H2,2-4H3/t21-/m1/s1. The second-order valence-corrected chi connectivity index (χ2v) is 8.20. The van der Waals surface area contributed by atoms with Crippen LogP contribution in [0.25, 0.3) is 6.08 Å². The summed E-state index contributed by atoms with van der Waals surface area (Å²) in [6.07, 6.45) is 3.19. The lowest BCUT2D eigenvalue weighted by Crippen LogP contribution is -2.39. The molecule has 0 aliphatic carbocycles. The first-order valence-electron chi connectivity index (χ1n) is 9.94. The van der Waals surface area contributed by atoms with Crippen molar-refractivity contribution < 1.29 is 18.7 Å². The first-order valence-corrected chi connectivity index (χ1v) is 10.8. The molecule has 1 aliphatic rings. The van der Waals surface area contributed by atoms with Crippen molar-refractivity contribution in [1.82, 2.24) is 4.57 Å². The molecule has 0 unspecified atom stereocenters. The van der Waals surface area contributed by atoms with Crippen LogP contribution in [0.1, 0.15) is 30.0 Å². The van der Waals surface area contributed by atoms with Crippen LogP contribution in [-0.2, 0) is 9.53 Å². The highest BCUT2D eigenvalue weighted by atomic mass is 32.1. The van der Waals surface area contributed by atoms with Gasteiger partial charge in [-0.05, 0) is 43.7 Å². The molecule has 7 nitrogen and oxygen atoms in total. The molecule has 0 radical (unpaired) electrons. The van der Waals surface area contributed by atoms with Crippen LogP contribution in [0.4, 0.5) is 0 Å². The molecule has 0 bridgehead atoms. The van der Waals surface area contributed by atoms with Crippen LogP contribution >= 0.6 is 11.3 Å². The van der Waals surface area contributed by atoms with Gasteiger partial charge in [0.25, 0.3) is 5.56 Å². The maximum absolute atomic E-state index is 13.4. The highest BCUT2D eigenvalue weighted by molar-refractivity contribution is 7.07. The Morgan fingerprint density at radius 2 is 2.00 bits per heavy atom. The molecule has 0 saturated carbocycles. The fourth-order valence-electron chi connectivity index (χ4n) is 3.56. The molecule has 8 heteroatoms. The second kappa shape index (κ2) is 8.84. The monoisotopic (exact) mass is 450 g/mol. The van der Waals surface area contributed by atoms with Gasteiger partial charge in [-0.25, -0.2) is 9.79 Å². The number of thiazole rings is 1. The number of aryl methyl sites for hydroxylation is 1. The molecule has 1 atom stereocenters. The zero-order chi connectivity index (χ0) is 22.8. The molecule has 0 saturated heterocycles. The molecular formula is C24H22N2O5S. The average Bonchev–Trinajstić information content (AvgIpc) is 3.33. The Kier molecular flexibility index (Phi) is 5.96. The molecule has 0 spiro atoms. The van der Waals surface area contributed by atoms with Crippen LogP contribution < -0.4 is 19.6 Å². The lowest BCUT2D eigenvalue weighted by molar-refractivity contribution is -0.138. The summed E-state index contributed by atoms with van der Waals surface area (Å²) in [7, 11) is 1.58. The summed E-state index contributed by atoms with van der Waals surface area (Å²) in [6.45, 7) is 7.24. The Labute approximate surface area is 188 Å². The van der Waals surface area contributed by atoms with Crippen LogP contribution in [0.15, 0.2) is 74.5 Å². The van der Waals surface area contributed by atoms with E-state index in [1.807, 2.05) is 25.1 Å². The number of hydrogen-bond acceptors (Lipinski definition) is 7. The van der Waals surface area contributed by atoms with E-state index in [1.165, 1.54) is 22.0 Å². The summed E-state index contributed by atoms with van der Waals surface area (Å²) in [4.78, 5) is 31.5. The van der Waals surface area contributed by atoms with E-state index < -0.39 is 12.0 Å². The van der Waals surface area contributed by atoms with E-state index in [1.54, 1.807) is 38.3 Å². The maximum atomic E-state index is 13.4. The van der Waals surface area contributed by atoms with Gasteiger partial charge >= 0.3 is 5.97 Å². The number of benzene rings is 1. The number of carbonyl (C=O) groups is 1. The summed E-state index contributed by atoms with van der Waals surface area (Å²) < 4.78 is 18.2. The number of allylic oxidation sites excluding steroid dienone is 1. The second-order valence-electron chi connectivity index (χ2n) is 7.19. The van der Waals surface area contributed by atoms with E-state index in [0.29, 0.717) is 32.1 Å². The molecule has 3 aromatic rings. The first kappa shape index (κ1) is 21.6. The molecule has 0 fully saturated rings. The van der Waals surface area contributed by atoms with Crippen molar-refractivity contribution in [3.05, 3.63) is 97.1 Å². The van der Waals surface area contributed by atoms with E-state index in [-0.39, 0.29) is 12.2 Å². The molecule has 164 valence electrons. The number of esters is 1. The minimum atomic E-state index is -0.685. The summed E-state index contributed by atoms with van der Waals surface area (Å²) in [5.74, 6) is 1.46. The van der Waals surface area contributed by atoms with Crippen molar-refractivity contribution in [2.75, 3.05) is 13.7 Å². The van der Waals surface area contributed by atoms with E-state index in [4.69, 9.17) is 13.9 Å². The topological polar surface area (TPSA) is 83.0 Å². The van der Waals surface area contributed by atoms with E-state index in [0.717, 1.165) is 11.3 Å². The molecule has 2 aromatic heterocycles. The Morgan fingerprint density at radius 3 is 2.62 bits per heavy atom. The summed E-state index contributed by atoms with van der Waals surface area (Å²) >= 11 is 1.25. The predicted molar refractivity (Wildman–Crippen MR) is 121 cm³/mol. The lowest BCUT2D eigenvalue weighted by Gasteiger charge is -2.24. The van der Waals surface area contributed by atoms with E-state index in [2.05, 4.69) is 11.6 Å². The summed E-state index contributed by atoms with van der Waals surface area (Å²) in [5.41, 5.74) is 1.30. The van der Waals surface area contributed by atoms with Crippen molar-refractivity contribution in [2.24, 2.45) is 4.99 Å². The van der Waals surface area contributed by atoms with Gasteiger partial charge in [0, 0.05) is 6.08 Å². The van der Waals surface area contributed by atoms with E-state index >= 15 is 0 Å². The van der Waals surface area contributed by atoms with Crippen molar-refractivity contribution >= 4 is 23.4 Å². The van der Waals surface area contributed by atoms with Crippen LogP contribution in [0.2, 0.25) is 0 Å². The molecule has 1 aromatic carbocycles. The number of furan rings is 1. The molecular weight excluding hydrogens is 428 g/mol. The minimum Gasteiger partial charge on any atom is -0.497 e. The van der Waals surface area contributed by atoms with Gasteiger partial charge in [-0.3, -0.25) is 9.36 Å². The van der Waals surface area contributed by atoms with Gasteiger partial charge in [0.1, 0.15) is 23.9 Å². The fourth-order valence-corrected chi connectivity index (χ4v) is 4.58. The zero-order valence-corrected chi connectivity index (χ0v) is 18.8. The number of rotatable bonds is 6. The lowest BCUT2D eigenvalue weighted by atomic mass is 9.96. The summed E-state index contributed by atoms with van der Waals surface area (Å²) in [6, 6.07) is 10.2. The van der Waals surface area contributed by atoms with Crippen molar-refractivity contribution in [3.8, 4) is 5.75 Å². The van der Waals surface area contributed by atoms with Gasteiger partial charge in [-0.1, -0.05) is 36.1 Å². The fraction of sp³-hybridized carbons (Fsp3) is 0.208. The van der Waals surface area contributed by atoms with E-state index in [9.17, 15) is 9.59 Å². The third kappa shape index (κ3) is 3.97. The molecule has 0 N–H and O–H groups in total. The number of ether oxygens (including phenoxy) is 2. The average molecular weight is 451 g/mol. The van der Waals surface area contributed by atoms with Gasteiger partial charge in [-0.15, -0.1) is 0 Å². The molecule has 1 aliphatic heterocycles. The highest BCUT2D eigenvalue weighted by Crippen LogP contribution is 2.31. The number of carbonyl (C=O) groups excluding carboxylic acids is 1. The maximum Gasteiger partial charge on any atom is 0.338 e. The Hall–Kier alpha value is -3.65. The summed E-state index contributed by atoms with van der Waals surface area (Å²) in [5, 5.41) is 0. The molecule has 32 heavy (non-hydrogen) atoms. The largest absolute Gasteiger partial charge is 0.497 e. The van der Waals surface area contributed by atoms with Crippen molar-refractivity contribution in [3.63, 3.8) is 0 Å². The van der Waals surface area contributed by atoms with Crippen LogP contribution in [-0.4, -0.2) is 24.3 Å². The Bertz CT molecular complexity index is 1390. The molecule has 4 rings (SSSR count). The van der Waals surface area contributed by atoms with Gasteiger partial charge in [-0.2, -0.15) is 0 Å². The molecule has 0 amide bonds. The Balaban J connectivity index is 1.92. The SMILES string of the molecule is C=CCOC(=O)C1=C(C)N=c2sc(=Cc3ccc(C)o3)c(=O)n2[C@@H]1c1ccc(OC)cc1. The normalized spacial score (nSPS) is 15.8. The molecule has 3 heterocycles. The Morgan fingerprint density at radius 1 is 1.25 bits per heavy atom. The highest BCUT2D eigenvalue weighted by Gasteiger charge is 2.33. The predicted octanol–water partition coefficient (Wildman–Crippen LogP) is 2.87. The van der Waals surface area contributed by atoms with Crippen LogP contribution in [0.3, 0.4) is 0 Å². The number of hydrogen-bond donors (Lipinski definition) is 0. The smallest absolute Gasteiger partial charge is 0.338 e. The van der Waals surface area contributed by atoms with Crippen molar-refractivity contribution in [1.29, 1.82) is 0 Å². The number of aromatic nitrogens is 1. The zero-order valence-electron chi connectivity index (χ0n) is 18.0. The first-order chi connectivity index (χ1) is 15.4. The quantitative estimate of drug-likeness (QED) is 0.426. The van der Waals surface area contributed by atoms with Crippen molar-refractivity contribution in [2.45, 2.75) is 19.9 Å². The number of nitrogens with zero attached hydrogens (tertiary/aromatic N) is 2. The van der Waals surface area contributed by atoms with Gasteiger partial charge in [0.2, 0.25) is 0 Å². The third-order valence-electron chi connectivity index (χ3n) is 5.04. The number of fused-ring (bicyclic) bond motifs is 1. The number of methoxy groups -OCH3 is 1. The third-order valence-corrected chi connectivity index (χ3v) is 6.02. The minimum absolute atomic E-state index is 0.0627. The van der Waals surface area contributed by atoms with Crippen LogP contribution in [0, 0.1) is 6.92 Å². The van der Waals surface area contributed by atoms with Gasteiger partial charge in [0.05, 0.1) is 29.0 Å². The van der Waals surface area contributed by atoms with Crippen LogP contribution in [0.5, 0.6) is 5.75 Å². The van der Waals surface area contributed by atoms with Gasteiger partial charge in [0.15, 0.2) is 4.80 Å².